The first-order valence-electron chi connectivity index (χ1n) is 7.17. The van der Waals surface area contributed by atoms with Crippen LogP contribution in [-0.4, -0.2) is 28.3 Å². The third-order valence-corrected chi connectivity index (χ3v) is 4.93. The van der Waals surface area contributed by atoms with E-state index < -0.39 is 0 Å². The van der Waals surface area contributed by atoms with Gasteiger partial charge < -0.3 is 10.1 Å². The smallest absolute Gasteiger partial charge is 0.261 e. The Labute approximate surface area is 127 Å². The van der Waals surface area contributed by atoms with Crippen LogP contribution in [0.5, 0.6) is 5.75 Å². The highest BCUT2D eigenvalue weighted by atomic mass is 32.1. The maximum atomic E-state index is 12.4. The highest BCUT2D eigenvalue weighted by molar-refractivity contribution is 7.14. The summed E-state index contributed by atoms with van der Waals surface area (Å²) in [7, 11) is 0. The molecule has 0 aliphatic heterocycles. The number of H-pyrrole nitrogens is 1. The second kappa shape index (κ2) is 5.89. The number of carbonyl (C=O) groups is 1. The number of aromatic amines is 1. The van der Waals surface area contributed by atoms with E-state index in [0.29, 0.717) is 0 Å². The molecule has 3 rings (SSSR count). The van der Waals surface area contributed by atoms with Gasteiger partial charge in [-0.1, -0.05) is 0 Å². The van der Waals surface area contributed by atoms with Crippen LogP contribution in [0, 0.1) is 13.8 Å². The van der Waals surface area contributed by atoms with Gasteiger partial charge in [0.25, 0.3) is 5.91 Å². The van der Waals surface area contributed by atoms with Crippen LogP contribution in [0.1, 0.15) is 39.4 Å². The summed E-state index contributed by atoms with van der Waals surface area (Å²) in [5.74, 6) is 0.739. The minimum Gasteiger partial charge on any atom is -0.485 e. The molecule has 6 heteroatoms. The molecule has 21 heavy (non-hydrogen) atoms. The van der Waals surface area contributed by atoms with E-state index in [2.05, 4.69) is 15.5 Å². The van der Waals surface area contributed by atoms with Gasteiger partial charge in [0.2, 0.25) is 0 Å². The van der Waals surface area contributed by atoms with Gasteiger partial charge in [0, 0.05) is 4.88 Å². The van der Waals surface area contributed by atoms with Gasteiger partial charge >= 0.3 is 0 Å². The molecule has 1 amide bonds. The lowest BCUT2D eigenvalue weighted by molar-refractivity contribution is 0.0897. The maximum Gasteiger partial charge on any atom is 0.261 e. The number of nitrogens with one attached hydrogen (secondary N) is 2. The fourth-order valence-corrected chi connectivity index (χ4v) is 3.74. The molecule has 0 bridgehead atoms. The average molecular weight is 305 g/mol. The Morgan fingerprint density at radius 1 is 1.48 bits per heavy atom. The van der Waals surface area contributed by atoms with Crippen molar-refractivity contribution in [2.75, 3.05) is 0 Å². The first-order chi connectivity index (χ1) is 10.1. The van der Waals surface area contributed by atoms with Gasteiger partial charge in [-0.2, -0.15) is 5.10 Å². The molecule has 0 aromatic carbocycles. The van der Waals surface area contributed by atoms with Crippen LogP contribution in [0.4, 0.5) is 0 Å². The summed E-state index contributed by atoms with van der Waals surface area (Å²) < 4.78 is 5.90. The highest BCUT2D eigenvalue weighted by Crippen LogP contribution is 2.26. The number of hydrogen-bond acceptors (Lipinski definition) is 4. The van der Waals surface area contributed by atoms with Crippen LogP contribution in [0.15, 0.2) is 18.5 Å². The lowest BCUT2D eigenvalue weighted by Gasteiger charge is -2.21. The second-order valence-corrected chi connectivity index (χ2v) is 6.73. The van der Waals surface area contributed by atoms with Crippen LogP contribution < -0.4 is 10.1 Å². The van der Waals surface area contributed by atoms with Crippen molar-refractivity contribution in [1.82, 2.24) is 15.5 Å². The summed E-state index contributed by atoms with van der Waals surface area (Å²) >= 11 is 1.54. The van der Waals surface area contributed by atoms with Crippen LogP contribution >= 0.6 is 11.3 Å². The van der Waals surface area contributed by atoms with E-state index in [4.69, 9.17) is 4.74 Å². The molecule has 0 saturated heterocycles. The molecule has 0 unspecified atom stereocenters. The van der Waals surface area contributed by atoms with Crippen molar-refractivity contribution in [3.8, 4) is 5.75 Å². The predicted molar refractivity (Wildman–Crippen MR) is 81.9 cm³/mol. The van der Waals surface area contributed by atoms with E-state index in [-0.39, 0.29) is 18.1 Å². The number of aromatic nitrogens is 2. The molecule has 1 fully saturated rings. The van der Waals surface area contributed by atoms with Gasteiger partial charge in [0.05, 0.1) is 23.3 Å². The summed E-state index contributed by atoms with van der Waals surface area (Å²) in [6.45, 7) is 4.00. The molecule has 2 heterocycles. The summed E-state index contributed by atoms with van der Waals surface area (Å²) in [4.78, 5) is 14.4. The van der Waals surface area contributed by atoms with Gasteiger partial charge in [-0.25, -0.2) is 0 Å². The number of carbonyl (C=O) groups excluding carboxylic acids is 1. The van der Waals surface area contributed by atoms with Crippen LogP contribution in [0.2, 0.25) is 0 Å². The first kappa shape index (κ1) is 14.1. The van der Waals surface area contributed by atoms with E-state index >= 15 is 0 Å². The molecule has 112 valence electrons. The Balaban J connectivity index is 1.66. The molecule has 2 aromatic rings. The molecule has 0 spiro atoms. The Kier molecular flexibility index (Phi) is 3.96. The molecule has 2 atom stereocenters. The van der Waals surface area contributed by atoms with Crippen molar-refractivity contribution in [3.63, 3.8) is 0 Å². The van der Waals surface area contributed by atoms with Crippen molar-refractivity contribution < 1.29 is 9.53 Å². The van der Waals surface area contributed by atoms with Gasteiger partial charge in [0.1, 0.15) is 6.10 Å². The average Bonchev–Trinajstić information content (AvgIpc) is 3.14. The van der Waals surface area contributed by atoms with E-state index in [0.717, 1.165) is 40.3 Å². The van der Waals surface area contributed by atoms with Crippen LogP contribution in [0.25, 0.3) is 0 Å². The Hall–Kier alpha value is -1.82. The molecule has 0 radical (unpaired) electrons. The van der Waals surface area contributed by atoms with Crippen molar-refractivity contribution in [2.24, 2.45) is 0 Å². The van der Waals surface area contributed by atoms with Crippen LogP contribution in [-0.2, 0) is 0 Å². The molecule has 1 aliphatic rings. The normalized spacial score (nSPS) is 21.4. The second-order valence-electron chi connectivity index (χ2n) is 5.47. The number of ether oxygens (including phenoxy) is 1. The molecule has 2 aromatic heterocycles. The van der Waals surface area contributed by atoms with E-state index in [9.17, 15) is 4.79 Å². The van der Waals surface area contributed by atoms with E-state index in [1.165, 1.54) is 0 Å². The zero-order chi connectivity index (χ0) is 14.8. The molecular weight excluding hydrogens is 286 g/mol. The predicted octanol–water partition coefficient (Wildman–Crippen LogP) is 2.82. The molecule has 5 nitrogen and oxygen atoms in total. The number of rotatable bonds is 4. The first-order valence-corrected chi connectivity index (χ1v) is 7.98. The van der Waals surface area contributed by atoms with E-state index in [1.54, 1.807) is 23.7 Å². The molecule has 1 aliphatic carbocycles. The fraction of sp³-hybridized carbons (Fsp3) is 0.467. The van der Waals surface area contributed by atoms with Crippen LogP contribution in [0.3, 0.4) is 0 Å². The standard InChI is InChI=1S/C15H19N3O2S/c1-9-6-10(2)21-14(9)15(19)18-12-4-3-5-13(12)20-11-7-16-17-8-11/h6-8,12-13H,3-5H2,1-2H3,(H,16,17)(H,18,19)/t12-,13+/m1/s1. The number of hydrogen-bond donors (Lipinski definition) is 2. The molecule has 2 N–H and O–H groups in total. The zero-order valence-corrected chi connectivity index (χ0v) is 13.0. The third-order valence-electron chi connectivity index (χ3n) is 3.78. The molecular formula is C15H19N3O2S. The summed E-state index contributed by atoms with van der Waals surface area (Å²) in [5.41, 5.74) is 1.04. The minimum atomic E-state index is 0.0123. The summed E-state index contributed by atoms with van der Waals surface area (Å²) in [5, 5.41) is 9.74. The fourth-order valence-electron chi connectivity index (χ4n) is 2.81. The Bertz CT molecular complexity index is 621. The Morgan fingerprint density at radius 2 is 2.33 bits per heavy atom. The van der Waals surface area contributed by atoms with Crippen molar-refractivity contribution in [3.05, 3.63) is 33.8 Å². The van der Waals surface area contributed by atoms with Gasteiger partial charge in [-0.15, -0.1) is 11.3 Å². The SMILES string of the molecule is Cc1cc(C)c(C(=O)N[C@@H]2CCC[C@@H]2Oc2cn[nH]c2)s1. The lowest BCUT2D eigenvalue weighted by Crippen LogP contribution is -2.42. The Morgan fingerprint density at radius 3 is 3.00 bits per heavy atom. The van der Waals surface area contributed by atoms with Gasteiger partial charge in [-0.3, -0.25) is 9.89 Å². The zero-order valence-electron chi connectivity index (χ0n) is 12.2. The van der Waals surface area contributed by atoms with Gasteiger partial charge in [-0.05, 0) is 44.7 Å². The number of amides is 1. The van der Waals surface area contributed by atoms with E-state index in [1.807, 2.05) is 19.9 Å². The lowest BCUT2D eigenvalue weighted by atomic mass is 10.2. The van der Waals surface area contributed by atoms with Crippen molar-refractivity contribution in [2.45, 2.75) is 45.3 Å². The highest BCUT2D eigenvalue weighted by Gasteiger charge is 2.31. The monoisotopic (exact) mass is 305 g/mol. The maximum absolute atomic E-state index is 12.4. The van der Waals surface area contributed by atoms with Gasteiger partial charge in [0.15, 0.2) is 5.75 Å². The largest absolute Gasteiger partial charge is 0.485 e. The number of aryl methyl sites for hydroxylation is 2. The summed E-state index contributed by atoms with van der Waals surface area (Å²) in [6, 6.07) is 2.11. The minimum absolute atomic E-state index is 0.0123. The topological polar surface area (TPSA) is 67.0 Å². The quantitative estimate of drug-likeness (QED) is 0.912. The summed E-state index contributed by atoms with van der Waals surface area (Å²) in [6.07, 6.45) is 6.38. The van der Waals surface area contributed by atoms with Crippen molar-refractivity contribution >= 4 is 17.2 Å². The number of nitrogens with zero attached hydrogens (tertiary/aromatic N) is 1. The number of thiophene rings is 1. The van der Waals surface area contributed by atoms with Crippen molar-refractivity contribution in [1.29, 1.82) is 0 Å². The molecule has 1 saturated carbocycles. The third kappa shape index (κ3) is 3.10.